The highest BCUT2D eigenvalue weighted by Crippen LogP contribution is 2.33. The smallest absolute Gasteiger partial charge is 0.137 e. The quantitative estimate of drug-likeness (QED) is 0.856. The number of rotatable bonds is 4. The van der Waals surface area contributed by atoms with E-state index in [1.807, 2.05) is 12.3 Å². The molecule has 3 rings (SSSR count). The molecule has 1 fully saturated rings. The molecule has 2 aromatic rings. The second-order valence-electron chi connectivity index (χ2n) is 6.63. The number of aromatic nitrogens is 1. The van der Waals surface area contributed by atoms with E-state index in [9.17, 15) is 0 Å². The Morgan fingerprint density at radius 1 is 1.21 bits per heavy atom. The Morgan fingerprint density at radius 2 is 1.96 bits per heavy atom. The number of nitrogen functional groups attached to an aromatic ring is 1. The molecule has 1 aliphatic heterocycles. The number of pyridine rings is 1. The number of anilines is 1. The van der Waals surface area contributed by atoms with Crippen LogP contribution in [0.1, 0.15) is 29.9 Å². The molecule has 0 radical (unpaired) electrons. The van der Waals surface area contributed by atoms with E-state index >= 15 is 0 Å². The number of nitrogens with two attached hydrogens (primary N) is 1. The monoisotopic (exact) mass is 389 g/mol. The van der Waals surface area contributed by atoms with Gasteiger partial charge in [0.25, 0.3) is 0 Å². The molecule has 4 nitrogen and oxygen atoms in total. The van der Waals surface area contributed by atoms with Crippen molar-refractivity contribution in [3.05, 3.63) is 46.1 Å². The molecular weight excluding hydrogens is 366 g/mol. The van der Waals surface area contributed by atoms with Crippen molar-refractivity contribution in [2.24, 2.45) is 0 Å². The predicted molar refractivity (Wildman–Crippen MR) is 102 cm³/mol. The second-order valence-corrected chi connectivity index (χ2v) is 7.48. The Morgan fingerprint density at radius 3 is 2.62 bits per heavy atom. The summed E-state index contributed by atoms with van der Waals surface area (Å²) in [5.74, 6) is 1.12. The first-order chi connectivity index (χ1) is 11.5. The summed E-state index contributed by atoms with van der Waals surface area (Å²) in [7, 11) is 4.23. The molecule has 1 aromatic carbocycles. The van der Waals surface area contributed by atoms with Gasteiger partial charge in [0, 0.05) is 31.5 Å². The average Bonchev–Trinajstić information content (AvgIpc) is 2.57. The first kappa shape index (κ1) is 17.4. The van der Waals surface area contributed by atoms with Gasteiger partial charge in [-0.05, 0) is 77.6 Å². The van der Waals surface area contributed by atoms with Crippen LogP contribution in [0.3, 0.4) is 0 Å². The third-order valence-electron chi connectivity index (χ3n) is 4.49. The van der Waals surface area contributed by atoms with E-state index in [0.29, 0.717) is 11.7 Å². The molecule has 2 N–H and O–H groups in total. The summed E-state index contributed by atoms with van der Waals surface area (Å²) >= 11 is 3.47. The molecule has 128 valence electrons. The van der Waals surface area contributed by atoms with E-state index in [0.717, 1.165) is 42.6 Å². The van der Waals surface area contributed by atoms with Gasteiger partial charge >= 0.3 is 0 Å². The molecule has 5 heteroatoms. The lowest BCUT2D eigenvalue weighted by molar-refractivity contribution is 0.0850. The minimum Gasteiger partial charge on any atom is -0.383 e. The molecule has 0 unspecified atom stereocenters. The maximum atomic E-state index is 5.81. The van der Waals surface area contributed by atoms with Crippen molar-refractivity contribution in [1.82, 2.24) is 9.88 Å². The summed E-state index contributed by atoms with van der Waals surface area (Å²) in [4.78, 5) is 6.48. The Kier molecular flexibility index (Phi) is 5.54. The van der Waals surface area contributed by atoms with Gasteiger partial charge in [0.15, 0.2) is 0 Å². The van der Waals surface area contributed by atoms with Gasteiger partial charge in [0.2, 0.25) is 0 Å². The first-order valence-corrected chi connectivity index (χ1v) is 9.10. The highest BCUT2D eigenvalue weighted by Gasteiger charge is 2.19. The molecule has 0 saturated carbocycles. The zero-order valence-corrected chi connectivity index (χ0v) is 15.8. The van der Waals surface area contributed by atoms with Gasteiger partial charge in [-0.25, -0.2) is 4.98 Å². The number of hydrogen-bond donors (Lipinski definition) is 1. The fraction of sp³-hybridized carbons (Fsp3) is 0.421. The van der Waals surface area contributed by atoms with Gasteiger partial charge in [-0.3, -0.25) is 0 Å². The van der Waals surface area contributed by atoms with Crippen molar-refractivity contribution >= 4 is 21.7 Å². The van der Waals surface area contributed by atoms with Crippen LogP contribution in [0.5, 0.6) is 0 Å². The third kappa shape index (κ3) is 3.97. The fourth-order valence-corrected chi connectivity index (χ4v) is 3.63. The average molecular weight is 390 g/mol. The summed E-state index contributed by atoms with van der Waals surface area (Å²) < 4.78 is 6.36. The molecule has 1 aromatic heterocycles. The summed E-state index contributed by atoms with van der Waals surface area (Å²) in [5.41, 5.74) is 10.9. The highest BCUT2D eigenvalue weighted by atomic mass is 79.9. The lowest BCUT2D eigenvalue weighted by Gasteiger charge is -2.26. The maximum Gasteiger partial charge on any atom is 0.137 e. The molecule has 0 aliphatic carbocycles. The molecule has 0 bridgehead atoms. The van der Waals surface area contributed by atoms with Gasteiger partial charge < -0.3 is 15.4 Å². The maximum absolute atomic E-state index is 5.81. The van der Waals surface area contributed by atoms with Gasteiger partial charge in [-0.1, -0.05) is 12.1 Å². The molecule has 1 aliphatic rings. The number of hydrogen-bond acceptors (Lipinski definition) is 4. The first-order valence-electron chi connectivity index (χ1n) is 8.31. The minimum atomic E-state index is 0.520. The van der Waals surface area contributed by atoms with Crippen molar-refractivity contribution in [2.75, 3.05) is 33.0 Å². The SMILES string of the molecule is CN(C)Cc1cc(-c2cnc(N)c(Br)c2)ccc1C1CCOCC1. The third-order valence-corrected chi connectivity index (χ3v) is 5.13. The number of ether oxygens (including phenoxy) is 1. The Balaban J connectivity index is 1.98. The van der Waals surface area contributed by atoms with Crippen LogP contribution in [0.15, 0.2) is 34.9 Å². The zero-order valence-electron chi connectivity index (χ0n) is 14.3. The summed E-state index contributed by atoms with van der Waals surface area (Å²) in [6.45, 7) is 2.66. The van der Waals surface area contributed by atoms with Gasteiger partial charge in [0.1, 0.15) is 5.82 Å². The normalized spacial score (nSPS) is 15.8. The Hall–Kier alpha value is -1.43. The van der Waals surface area contributed by atoms with Crippen LogP contribution >= 0.6 is 15.9 Å². The standard InChI is InChI=1S/C19H24BrN3O/c1-23(2)12-16-9-14(15-10-18(20)19(21)22-11-15)3-4-17(16)13-5-7-24-8-6-13/h3-4,9-11,13H,5-8,12H2,1-2H3,(H2,21,22). The van der Waals surface area contributed by atoms with Crippen LogP contribution in [-0.4, -0.2) is 37.2 Å². The van der Waals surface area contributed by atoms with Gasteiger partial charge in [0.05, 0.1) is 4.47 Å². The highest BCUT2D eigenvalue weighted by molar-refractivity contribution is 9.10. The van der Waals surface area contributed by atoms with Crippen LogP contribution < -0.4 is 5.73 Å². The van der Waals surface area contributed by atoms with E-state index in [1.54, 1.807) is 0 Å². The van der Waals surface area contributed by atoms with Crippen LogP contribution in [0, 0.1) is 0 Å². The molecule has 0 spiro atoms. The second kappa shape index (κ2) is 7.64. The summed E-state index contributed by atoms with van der Waals surface area (Å²) in [6.07, 6.45) is 4.05. The van der Waals surface area contributed by atoms with Crippen LogP contribution in [-0.2, 0) is 11.3 Å². The molecule has 0 atom stereocenters. The van der Waals surface area contributed by atoms with Crippen molar-refractivity contribution in [2.45, 2.75) is 25.3 Å². The van der Waals surface area contributed by atoms with Crippen molar-refractivity contribution in [3.8, 4) is 11.1 Å². The topological polar surface area (TPSA) is 51.4 Å². The number of benzene rings is 1. The van der Waals surface area contributed by atoms with E-state index in [-0.39, 0.29) is 0 Å². The lowest BCUT2D eigenvalue weighted by Crippen LogP contribution is -2.18. The summed E-state index contributed by atoms with van der Waals surface area (Å²) in [6, 6.07) is 8.81. The Labute approximate surface area is 152 Å². The lowest BCUT2D eigenvalue weighted by atomic mass is 9.86. The van der Waals surface area contributed by atoms with Gasteiger partial charge in [-0.15, -0.1) is 0 Å². The minimum absolute atomic E-state index is 0.520. The predicted octanol–water partition coefficient (Wildman–Crippen LogP) is 4.05. The number of halogens is 1. The van der Waals surface area contributed by atoms with Crippen molar-refractivity contribution in [1.29, 1.82) is 0 Å². The number of nitrogens with zero attached hydrogens (tertiary/aromatic N) is 2. The van der Waals surface area contributed by atoms with Crippen molar-refractivity contribution < 1.29 is 4.74 Å². The summed E-state index contributed by atoms with van der Waals surface area (Å²) in [5, 5.41) is 0. The van der Waals surface area contributed by atoms with Crippen LogP contribution in [0.4, 0.5) is 5.82 Å². The molecular formula is C19H24BrN3O. The van der Waals surface area contributed by atoms with Crippen LogP contribution in [0.25, 0.3) is 11.1 Å². The largest absolute Gasteiger partial charge is 0.383 e. The molecule has 2 heterocycles. The fourth-order valence-electron chi connectivity index (χ4n) is 3.28. The zero-order chi connectivity index (χ0) is 17.1. The molecule has 0 amide bonds. The van der Waals surface area contributed by atoms with E-state index < -0.39 is 0 Å². The molecule has 24 heavy (non-hydrogen) atoms. The van der Waals surface area contributed by atoms with E-state index in [2.05, 4.69) is 58.1 Å². The van der Waals surface area contributed by atoms with Crippen LogP contribution in [0.2, 0.25) is 0 Å². The molecule has 1 saturated heterocycles. The van der Waals surface area contributed by atoms with E-state index in [4.69, 9.17) is 10.5 Å². The van der Waals surface area contributed by atoms with E-state index in [1.165, 1.54) is 16.7 Å². The van der Waals surface area contributed by atoms with Gasteiger partial charge in [-0.2, -0.15) is 0 Å². The van der Waals surface area contributed by atoms with Crippen molar-refractivity contribution in [3.63, 3.8) is 0 Å². The Bertz CT molecular complexity index is 712.